The van der Waals surface area contributed by atoms with Gasteiger partial charge in [0.25, 0.3) is 11.8 Å². The zero-order chi connectivity index (χ0) is 21.5. The van der Waals surface area contributed by atoms with Gasteiger partial charge in [0.05, 0.1) is 36.7 Å². The van der Waals surface area contributed by atoms with Crippen LogP contribution in [-0.4, -0.2) is 94.0 Å². The molecule has 4 rings (SSSR count). The van der Waals surface area contributed by atoms with Crippen molar-refractivity contribution in [3.05, 3.63) is 23.5 Å². The minimum absolute atomic E-state index is 0.421. The molecule has 0 amide bonds. The van der Waals surface area contributed by atoms with Crippen molar-refractivity contribution in [1.29, 1.82) is 0 Å². The number of hydrogen-bond acceptors (Lipinski definition) is 11. The first-order chi connectivity index (χ1) is 15.2. The quantitative estimate of drug-likeness (QED) is 0.492. The van der Waals surface area contributed by atoms with Gasteiger partial charge in [-0.1, -0.05) is 12.2 Å². The number of aromatic nitrogens is 4. The largest absolute Gasteiger partial charge is 0.473 e. The lowest BCUT2D eigenvalue weighted by Crippen LogP contribution is -2.25. The van der Waals surface area contributed by atoms with E-state index < -0.39 is 0 Å². The number of nitrogens with zero attached hydrogens (tertiary/aromatic N) is 6. The Morgan fingerprint density at radius 1 is 0.742 bits per heavy atom. The van der Waals surface area contributed by atoms with E-state index in [0.717, 1.165) is 50.4 Å². The van der Waals surface area contributed by atoms with Crippen LogP contribution in [0.1, 0.15) is 24.2 Å². The van der Waals surface area contributed by atoms with Gasteiger partial charge in [0, 0.05) is 26.2 Å². The monoisotopic (exact) mass is 464 g/mol. The van der Waals surface area contributed by atoms with Crippen LogP contribution in [0.25, 0.3) is 11.1 Å². The number of rotatable bonds is 10. The number of ether oxygens (including phenoxy) is 3. The molecule has 168 valence electrons. The normalized spacial score (nSPS) is 18.0. The van der Waals surface area contributed by atoms with Gasteiger partial charge in [0.1, 0.15) is 24.6 Å². The summed E-state index contributed by atoms with van der Waals surface area (Å²) in [6.45, 7) is 5.64. The molecule has 4 heterocycles. The molecule has 0 aliphatic carbocycles. The highest BCUT2D eigenvalue weighted by Crippen LogP contribution is 2.28. The highest BCUT2D eigenvalue weighted by atomic mass is 32.1. The van der Waals surface area contributed by atoms with Crippen molar-refractivity contribution in [2.75, 3.05) is 66.7 Å². The summed E-state index contributed by atoms with van der Waals surface area (Å²) in [5.74, 6) is 1.19. The number of hydrogen-bond donors (Lipinski definition) is 0. The van der Waals surface area contributed by atoms with E-state index in [-0.39, 0.29) is 0 Å². The van der Waals surface area contributed by atoms with Gasteiger partial charge >= 0.3 is 0 Å². The van der Waals surface area contributed by atoms with Crippen molar-refractivity contribution in [3.8, 4) is 11.8 Å². The van der Waals surface area contributed by atoms with Gasteiger partial charge < -0.3 is 24.0 Å². The Hall–Kier alpha value is -1.92. The molecular weight excluding hydrogens is 436 g/mol. The summed E-state index contributed by atoms with van der Waals surface area (Å²) in [6, 6.07) is 0. The first-order valence-electron chi connectivity index (χ1n) is 10.4. The fourth-order valence-corrected chi connectivity index (χ4v) is 4.63. The van der Waals surface area contributed by atoms with E-state index in [9.17, 15) is 0 Å². The highest BCUT2D eigenvalue weighted by molar-refractivity contribution is 6.99. The molecule has 2 aromatic heterocycles. The second kappa shape index (κ2) is 11.1. The zero-order valence-corrected chi connectivity index (χ0v) is 19.6. The molecule has 0 fully saturated rings. The van der Waals surface area contributed by atoms with Crippen molar-refractivity contribution >= 4 is 34.6 Å². The molecule has 0 saturated heterocycles. The van der Waals surface area contributed by atoms with Gasteiger partial charge in [0.2, 0.25) is 0 Å². The Morgan fingerprint density at radius 3 is 1.68 bits per heavy atom. The van der Waals surface area contributed by atoms with E-state index in [1.54, 1.807) is 0 Å². The van der Waals surface area contributed by atoms with E-state index in [0.29, 0.717) is 38.2 Å². The minimum Gasteiger partial charge on any atom is -0.473 e. The van der Waals surface area contributed by atoms with Crippen molar-refractivity contribution in [2.45, 2.75) is 12.8 Å². The first-order valence-corrected chi connectivity index (χ1v) is 11.9. The van der Waals surface area contributed by atoms with E-state index in [1.165, 1.54) is 34.6 Å². The summed E-state index contributed by atoms with van der Waals surface area (Å²) in [7, 11) is 4.22. The Balaban J connectivity index is 1.16. The molecule has 0 spiro atoms. The zero-order valence-electron chi connectivity index (χ0n) is 18.0. The Labute approximate surface area is 191 Å². The third-order valence-electron chi connectivity index (χ3n) is 5.14. The van der Waals surface area contributed by atoms with Crippen molar-refractivity contribution < 1.29 is 14.2 Å². The molecule has 2 aliphatic rings. The topological polar surface area (TPSA) is 85.7 Å². The van der Waals surface area contributed by atoms with Crippen LogP contribution in [0.2, 0.25) is 0 Å². The molecule has 0 radical (unpaired) electrons. The Bertz CT molecular complexity index is 840. The van der Waals surface area contributed by atoms with E-state index >= 15 is 0 Å². The highest BCUT2D eigenvalue weighted by Gasteiger charge is 2.19. The molecule has 0 bridgehead atoms. The molecule has 0 saturated carbocycles. The second-order valence-corrected chi connectivity index (χ2v) is 8.71. The van der Waals surface area contributed by atoms with Gasteiger partial charge in [-0.05, 0) is 38.1 Å². The van der Waals surface area contributed by atoms with Crippen LogP contribution in [0.4, 0.5) is 0 Å². The summed E-state index contributed by atoms with van der Waals surface area (Å²) < 4.78 is 34.7. The van der Waals surface area contributed by atoms with Crippen molar-refractivity contribution in [3.63, 3.8) is 0 Å². The summed E-state index contributed by atoms with van der Waals surface area (Å²) in [5, 5.41) is 0. The molecule has 0 N–H and O–H groups in total. The average molecular weight is 465 g/mol. The molecule has 2 aliphatic heterocycles. The molecule has 9 nitrogen and oxygen atoms in total. The molecule has 2 aromatic rings. The third kappa shape index (κ3) is 6.07. The Kier molecular flexibility index (Phi) is 7.97. The van der Waals surface area contributed by atoms with Crippen LogP contribution in [0, 0.1) is 0 Å². The van der Waals surface area contributed by atoms with Crippen LogP contribution < -0.4 is 9.47 Å². The first kappa shape index (κ1) is 22.3. The lowest BCUT2D eigenvalue weighted by Gasteiger charge is -2.22. The SMILES string of the molecule is CN1CCC=C(c2nsnc2OCCOCCOc2nsnc2C2=CCCN(C)C2)C1. The van der Waals surface area contributed by atoms with Gasteiger partial charge in [-0.2, -0.15) is 8.75 Å². The summed E-state index contributed by atoms with van der Waals surface area (Å²) in [6.07, 6.45) is 6.49. The molecule has 11 heteroatoms. The molecule has 0 aromatic carbocycles. The molecule has 31 heavy (non-hydrogen) atoms. The van der Waals surface area contributed by atoms with E-state index in [1.807, 2.05) is 0 Å². The van der Waals surface area contributed by atoms with Crippen molar-refractivity contribution in [2.24, 2.45) is 0 Å². The maximum absolute atomic E-state index is 5.81. The summed E-state index contributed by atoms with van der Waals surface area (Å²) in [4.78, 5) is 4.54. The predicted molar refractivity (Wildman–Crippen MR) is 122 cm³/mol. The number of likely N-dealkylation sites (N-methyl/N-ethyl adjacent to an activating group) is 2. The molecular formula is C20H28N6O3S2. The van der Waals surface area contributed by atoms with Gasteiger partial charge in [-0.3, -0.25) is 0 Å². The fraction of sp³-hybridized carbons (Fsp3) is 0.600. The Morgan fingerprint density at radius 2 is 1.23 bits per heavy atom. The van der Waals surface area contributed by atoms with Gasteiger partial charge in [-0.25, -0.2) is 0 Å². The fourth-order valence-electron chi connectivity index (χ4n) is 3.57. The van der Waals surface area contributed by atoms with E-state index in [2.05, 4.69) is 53.5 Å². The standard InChI is InChI=1S/C20H28N6O3S2/c1-25-7-3-5-15(13-25)17-19(23-30-21-17)28-11-9-27-10-12-29-20-18(22-31-24-20)16-6-4-8-26(2)14-16/h5-6H,3-4,7-14H2,1-2H3. The third-order valence-corrected chi connectivity index (χ3v) is 6.17. The lowest BCUT2D eigenvalue weighted by molar-refractivity contribution is 0.0745. The second-order valence-electron chi connectivity index (χ2n) is 7.66. The lowest BCUT2D eigenvalue weighted by atomic mass is 10.1. The van der Waals surface area contributed by atoms with Crippen molar-refractivity contribution in [1.82, 2.24) is 27.3 Å². The van der Waals surface area contributed by atoms with Crippen LogP contribution in [0.5, 0.6) is 11.8 Å². The minimum atomic E-state index is 0.421. The van der Waals surface area contributed by atoms with Crippen LogP contribution in [0.3, 0.4) is 0 Å². The summed E-state index contributed by atoms with van der Waals surface area (Å²) >= 11 is 2.36. The van der Waals surface area contributed by atoms with Gasteiger partial charge in [-0.15, -0.1) is 8.75 Å². The predicted octanol–water partition coefficient (Wildman–Crippen LogP) is 2.30. The maximum Gasteiger partial charge on any atom is 0.253 e. The average Bonchev–Trinajstić information content (AvgIpc) is 3.42. The van der Waals surface area contributed by atoms with Crippen LogP contribution >= 0.6 is 23.5 Å². The smallest absolute Gasteiger partial charge is 0.253 e. The van der Waals surface area contributed by atoms with Crippen LogP contribution in [-0.2, 0) is 4.74 Å². The molecule has 0 unspecified atom stereocenters. The van der Waals surface area contributed by atoms with E-state index in [4.69, 9.17) is 14.2 Å². The van der Waals surface area contributed by atoms with Gasteiger partial charge in [0.15, 0.2) is 0 Å². The molecule has 0 atom stereocenters. The van der Waals surface area contributed by atoms with Crippen LogP contribution in [0.15, 0.2) is 12.2 Å². The maximum atomic E-state index is 5.81. The summed E-state index contributed by atoms with van der Waals surface area (Å²) in [5.41, 5.74) is 4.06.